The summed E-state index contributed by atoms with van der Waals surface area (Å²) in [4.78, 5) is 16.9. The zero-order valence-corrected chi connectivity index (χ0v) is 8.48. The van der Waals surface area contributed by atoms with Crippen LogP contribution in [0.15, 0.2) is 18.3 Å². The first kappa shape index (κ1) is 8.50. The maximum Gasteiger partial charge on any atom is 0.280 e. The highest BCUT2D eigenvalue weighted by atomic mass is 79.9. The molecule has 0 bridgehead atoms. The van der Waals surface area contributed by atoms with Gasteiger partial charge >= 0.3 is 0 Å². The highest BCUT2D eigenvalue weighted by Crippen LogP contribution is 2.31. The summed E-state index contributed by atoms with van der Waals surface area (Å²) >= 11 is 3.12. The van der Waals surface area contributed by atoms with Crippen molar-refractivity contribution in [2.24, 2.45) is 0 Å². The van der Waals surface area contributed by atoms with E-state index in [0.29, 0.717) is 11.6 Å². The highest BCUT2D eigenvalue weighted by molar-refractivity contribution is 9.09. The number of pyridine rings is 1. The van der Waals surface area contributed by atoms with Gasteiger partial charge in [-0.1, -0.05) is 0 Å². The standard InChI is InChI=1S/C8H7BrN2O2/c1-11-7-5(3-2-4-10-7)13-6(9)8(11)12/h2-4,6H,1H3. The van der Waals surface area contributed by atoms with Gasteiger partial charge in [0.15, 0.2) is 11.6 Å². The van der Waals surface area contributed by atoms with Gasteiger partial charge in [-0.3, -0.25) is 9.69 Å². The van der Waals surface area contributed by atoms with E-state index in [-0.39, 0.29) is 5.91 Å². The quantitative estimate of drug-likeness (QED) is 0.642. The molecule has 0 N–H and O–H groups in total. The zero-order valence-electron chi connectivity index (χ0n) is 6.90. The minimum absolute atomic E-state index is 0.147. The molecule has 68 valence electrons. The van der Waals surface area contributed by atoms with Crippen molar-refractivity contribution in [1.29, 1.82) is 0 Å². The molecule has 0 radical (unpaired) electrons. The van der Waals surface area contributed by atoms with Crippen LogP contribution in [0.4, 0.5) is 5.82 Å². The average molecular weight is 243 g/mol. The topological polar surface area (TPSA) is 42.4 Å². The van der Waals surface area contributed by atoms with E-state index < -0.39 is 5.01 Å². The molecule has 0 saturated carbocycles. The Morgan fingerprint density at radius 2 is 2.46 bits per heavy atom. The molecule has 0 aromatic carbocycles. The maximum absolute atomic E-state index is 11.4. The number of alkyl halides is 1. The number of rotatable bonds is 0. The van der Waals surface area contributed by atoms with Gasteiger partial charge in [-0.25, -0.2) is 4.98 Å². The van der Waals surface area contributed by atoms with Crippen LogP contribution in [-0.4, -0.2) is 23.0 Å². The molecule has 1 unspecified atom stereocenters. The van der Waals surface area contributed by atoms with Crippen molar-refractivity contribution in [3.63, 3.8) is 0 Å². The van der Waals surface area contributed by atoms with Crippen LogP contribution < -0.4 is 9.64 Å². The van der Waals surface area contributed by atoms with Crippen LogP contribution in [0.2, 0.25) is 0 Å². The molecule has 1 atom stereocenters. The Balaban J connectivity index is 2.49. The number of halogens is 1. The Hall–Kier alpha value is -1.10. The number of ether oxygens (including phenoxy) is 1. The SMILES string of the molecule is CN1C(=O)C(Br)Oc2cccnc21. The Labute approximate surface area is 83.6 Å². The number of hydrogen-bond donors (Lipinski definition) is 0. The lowest BCUT2D eigenvalue weighted by Crippen LogP contribution is -2.40. The Morgan fingerprint density at radius 3 is 3.23 bits per heavy atom. The minimum atomic E-state index is -0.603. The van der Waals surface area contributed by atoms with Crippen LogP contribution in [0.25, 0.3) is 0 Å². The lowest BCUT2D eigenvalue weighted by atomic mass is 10.3. The molecule has 1 amide bonds. The molecule has 1 aliphatic heterocycles. The Kier molecular flexibility index (Phi) is 1.95. The number of anilines is 1. The van der Waals surface area contributed by atoms with Gasteiger partial charge in [0, 0.05) is 13.2 Å². The fourth-order valence-corrected chi connectivity index (χ4v) is 1.65. The van der Waals surface area contributed by atoms with Crippen molar-refractivity contribution >= 4 is 27.7 Å². The lowest BCUT2D eigenvalue weighted by Gasteiger charge is -2.27. The van der Waals surface area contributed by atoms with E-state index in [2.05, 4.69) is 20.9 Å². The van der Waals surface area contributed by atoms with Gasteiger partial charge in [-0.05, 0) is 28.1 Å². The summed E-state index contributed by atoms with van der Waals surface area (Å²) in [5.74, 6) is 1.03. The van der Waals surface area contributed by atoms with Crippen LogP contribution in [-0.2, 0) is 4.79 Å². The van der Waals surface area contributed by atoms with Crippen molar-refractivity contribution in [2.75, 3.05) is 11.9 Å². The summed E-state index contributed by atoms with van der Waals surface area (Å²) in [6.07, 6.45) is 1.63. The molecule has 0 aliphatic carbocycles. The van der Waals surface area contributed by atoms with Gasteiger partial charge in [0.25, 0.3) is 5.91 Å². The van der Waals surface area contributed by atoms with Crippen LogP contribution in [0, 0.1) is 0 Å². The number of hydrogen-bond acceptors (Lipinski definition) is 3. The van der Waals surface area contributed by atoms with Crippen molar-refractivity contribution in [3.8, 4) is 5.75 Å². The second-order valence-electron chi connectivity index (χ2n) is 2.66. The number of likely N-dealkylation sites (N-methyl/N-ethyl adjacent to an activating group) is 1. The summed E-state index contributed by atoms with van der Waals surface area (Å²) in [6.45, 7) is 0. The second-order valence-corrected chi connectivity index (χ2v) is 3.49. The number of amides is 1. The van der Waals surface area contributed by atoms with Crippen molar-refractivity contribution in [2.45, 2.75) is 5.01 Å². The minimum Gasteiger partial charge on any atom is -0.465 e. The molecule has 4 nitrogen and oxygen atoms in total. The third-order valence-corrected chi connectivity index (χ3v) is 2.40. The predicted octanol–water partition coefficient (Wildman–Crippen LogP) is 1.16. The van der Waals surface area contributed by atoms with Crippen LogP contribution in [0.5, 0.6) is 5.75 Å². The number of nitrogens with zero attached hydrogens (tertiary/aromatic N) is 2. The largest absolute Gasteiger partial charge is 0.465 e. The first-order valence-electron chi connectivity index (χ1n) is 3.73. The third kappa shape index (κ3) is 1.29. The third-order valence-electron chi connectivity index (χ3n) is 1.82. The summed E-state index contributed by atoms with van der Waals surface area (Å²) in [5, 5.41) is -0.603. The maximum atomic E-state index is 11.4. The number of fused-ring (bicyclic) bond motifs is 1. The normalized spacial score (nSPS) is 20.9. The van der Waals surface area contributed by atoms with Gasteiger partial charge in [-0.2, -0.15) is 0 Å². The molecule has 5 heteroatoms. The molecule has 1 aromatic heterocycles. The van der Waals surface area contributed by atoms with E-state index >= 15 is 0 Å². The molecule has 0 spiro atoms. The molecule has 1 aromatic rings. The second kappa shape index (κ2) is 2.99. The van der Waals surface area contributed by atoms with Crippen molar-refractivity contribution in [3.05, 3.63) is 18.3 Å². The molecule has 0 fully saturated rings. The summed E-state index contributed by atoms with van der Waals surface area (Å²) < 4.78 is 5.28. The molecular formula is C8H7BrN2O2. The van der Waals surface area contributed by atoms with Gasteiger partial charge in [0.1, 0.15) is 0 Å². The fraction of sp³-hybridized carbons (Fsp3) is 0.250. The van der Waals surface area contributed by atoms with E-state index in [1.807, 2.05) is 0 Å². The van der Waals surface area contributed by atoms with Gasteiger partial charge in [0.05, 0.1) is 0 Å². The van der Waals surface area contributed by atoms with Gasteiger partial charge in [0.2, 0.25) is 5.01 Å². The molecular weight excluding hydrogens is 236 g/mol. The first-order chi connectivity index (χ1) is 6.20. The molecule has 0 saturated heterocycles. The lowest BCUT2D eigenvalue weighted by molar-refractivity contribution is -0.122. The van der Waals surface area contributed by atoms with E-state index in [9.17, 15) is 4.79 Å². The number of carbonyl (C=O) groups excluding carboxylic acids is 1. The molecule has 2 heterocycles. The van der Waals surface area contributed by atoms with E-state index in [0.717, 1.165) is 0 Å². The molecule has 2 rings (SSSR count). The Bertz CT molecular complexity index is 356. The zero-order chi connectivity index (χ0) is 9.42. The summed E-state index contributed by atoms with van der Waals surface area (Å²) in [7, 11) is 1.67. The monoisotopic (exact) mass is 242 g/mol. The highest BCUT2D eigenvalue weighted by Gasteiger charge is 2.30. The van der Waals surface area contributed by atoms with Crippen LogP contribution >= 0.6 is 15.9 Å². The van der Waals surface area contributed by atoms with E-state index in [4.69, 9.17) is 4.74 Å². The van der Waals surface area contributed by atoms with Gasteiger partial charge in [-0.15, -0.1) is 0 Å². The first-order valence-corrected chi connectivity index (χ1v) is 4.65. The smallest absolute Gasteiger partial charge is 0.280 e. The molecule has 1 aliphatic rings. The van der Waals surface area contributed by atoms with E-state index in [1.54, 1.807) is 25.4 Å². The van der Waals surface area contributed by atoms with Crippen molar-refractivity contribution < 1.29 is 9.53 Å². The van der Waals surface area contributed by atoms with Crippen LogP contribution in [0.1, 0.15) is 0 Å². The number of carbonyl (C=O) groups is 1. The van der Waals surface area contributed by atoms with Crippen molar-refractivity contribution in [1.82, 2.24) is 4.98 Å². The van der Waals surface area contributed by atoms with Crippen LogP contribution in [0.3, 0.4) is 0 Å². The van der Waals surface area contributed by atoms with Gasteiger partial charge < -0.3 is 4.74 Å². The van der Waals surface area contributed by atoms with E-state index in [1.165, 1.54) is 4.90 Å². The summed E-state index contributed by atoms with van der Waals surface area (Å²) in [5.41, 5.74) is 0. The fourth-order valence-electron chi connectivity index (χ4n) is 1.14. The molecule has 13 heavy (non-hydrogen) atoms. The summed E-state index contributed by atoms with van der Waals surface area (Å²) in [6, 6.07) is 3.54. The number of aromatic nitrogens is 1. The predicted molar refractivity (Wildman–Crippen MR) is 51.0 cm³/mol. The average Bonchev–Trinajstić information content (AvgIpc) is 2.15. The Morgan fingerprint density at radius 1 is 1.69 bits per heavy atom.